The van der Waals surface area contributed by atoms with Gasteiger partial charge in [-0.3, -0.25) is 14.6 Å². The molecule has 7 rings (SSSR count). The zero-order chi connectivity index (χ0) is 35.6. The minimum atomic E-state index is -0.346. The van der Waals surface area contributed by atoms with Crippen LogP contribution in [0.3, 0.4) is 0 Å². The minimum absolute atomic E-state index is 0.000207. The predicted molar refractivity (Wildman–Crippen MR) is 200 cm³/mol. The highest BCUT2D eigenvalue weighted by molar-refractivity contribution is 5.90. The molecular weight excluding hydrogens is 639 g/mol. The summed E-state index contributed by atoms with van der Waals surface area (Å²) in [5.41, 5.74) is 6.24. The molecule has 2 fully saturated rings. The van der Waals surface area contributed by atoms with Crippen LogP contribution in [0.2, 0.25) is 0 Å². The van der Waals surface area contributed by atoms with Crippen LogP contribution >= 0.6 is 0 Å². The third-order valence-electron chi connectivity index (χ3n) is 10.9. The lowest BCUT2D eigenvalue weighted by Gasteiger charge is -2.30. The molecule has 3 aliphatic heterocycles. The zero-order valence-corrected chi connectivity index (χ0v) is 30.4. The molecule has 5 heterocycles. The molecule has 4 N–H and O–H groups in total. The number of hydrogen-bond donors (Lipinski definition) is 4. The van der Waals surface area contributed by atoms with Crippen LogP contribution in [0.4, 0.5) is 0 Å². The molecule has 11 nitrogen and oxygen atoms in total. The molecule has 51 heavy (non-hydrogen) atoms. The van der Waals surface area contributed by atoms with E-state index in [2.05, 4.69) is 102 Å². The maximum absolute atomic E-state index is 13.8. The summed E-state index contributed by atoms with van der Waals surface area (Å²) in [6, 6.07) is 16.6. The first-order valence-electron chi connectivity index (χ1n) is 18.6. The van der Waals surface area contributed by atoms with Crippen LogP contribution in [-0.2, 0) is 9.59 Å². The van der Waals surface area contributed by atoms with Gasteiger partial charge in [-0.15, -0.1) is 0 Å². The van der Waals surface area contributed by atoms with Crippen molar-refractivity contribution in [1.82, 2.24) is 40.4 Å². The van der Waals surface area contributed by atoms with Gasteiger partial charge >= 0.3 is 0 Å². The second-order valence-corrected chi connectivity index (χ2v) is 15.0. The predicted octanol–water partition coefficient (Wildman–Crippen LogP) is 6.33. The molecule has 4 aromatic rings. The van der Waals surface area contributed by atoms with Gasteiger partial charge < -0.3 is 30.4 Å². The van der Waals surface area contributed by atoms with Crippen molar-refractivity contribution >= 4 is 17.8 Å². The van der Waals surface area contributed by atoms with E-state index in [4.69, 9.17) is 9.97 Å². The van der Waals surface area contributed by atoms with Crippen LogP contribution in [0.25, 0.3) is 33.6 Å². The van der Waals surface area contributed by atoms with Crippen molar-refractivity contribution in [3.8, 4) is 33.6 Å². The number of imidazole rings is 2. The largest absolute Gasteiger partial charge is 0.355 e. The van der Waals surface area contributed by atoms with Gasteiger partial charge in [0, 0.05) is 25.6 Å². The number of aliphatic imine (C=N–C) groups is 1. The van der Waals surface area contributed by atoms with Gasteiger partial charge in [-0.05, 0) is 59.8 Å². The van der Waals surface area contributed by atoms with E-state index in [0.29, 0.717) is 11.9 Å². The van der Waals surface area contributed by atoms with Crippen molar-refractivity contribution in [2.45, 2.75) is 78.4 Å². The number of benzene rings is 2. The lowest BCUT2D eigenvalue weighted by molar-refractivity contribution is -0.137. The molecule has 0 saturated carbocycles. The van der Waals surface area contributed by atoms with E-state index in [0.717, 1.165) is 97.2 Å². The number of likely N-dealkylation sites (tertiary alicyclic amines) is 2. The quantitative estimate of drug-likeness (QED) is 0.154. The van der Waals surface area contributed by atoms with Gasteiger partial charge in [0.1, 0.15) is 17.7 Å². The van der Waals surface area contributed by atoms with Gasteiger partial charge in [-0.25, -0.2) is 9.97 Å². The summed E-state index contributed by atoms with van der Waals surface area (Å²) in [6.45, 7) is 13.4. The van der Waals surface area contributed by atoms with Crippen molar-refractivity contribution in [3.63, 3.8) is 0 Å². The maximum atomic E-state index is 13.8. The number of nitrogens with zero attached hydrogens (tertiary/aromatic N) is 5. The summed E-state index contributed by atoms with van der Waals surface area (Å²) in [4.78, 5) is 51.9. The molecule has 3 aliphatic rings. The average molecular weight is 690 g/mol. The van der Waals surface area contributed by atoms with Gasteiger partial charge in [0.25, 0.3) is 0 Å². The fraction of sp³-hybridized carbons (Fsp3) is 0.475. The van der Waals surface area contributed by atoms with Crippen LogP contribution in [-0.4, -0.2) is 79.7 Å². The standard InChI is InChI=1S/C40H51N9O2/c1-24(2)26(5)38(50)48-20-6-8-33(48)36-43-22-31(45-36)29-14-10-27(11-15-29)28-12-16-30(17-13-28)32-23-44-37(46-32)34-9-7-21-49(34)39(51)35(25(3)4)47-40-41-18-19-42-40/h10-17,22-26,33-35H,6-9,18-21H2,1-5H3,(H,43,45)(H,44,46)(H2,41,42,47)/t26-,33-,34-,35+/m0/s1. The number of aromatic amines is 2. The summed E-state index contributed by atoms with van der Waals surface area (Å²) in [7, 11) is 0. The van der Waals surface area contributed by atoms with Crippen LogP contribution in [0.5, 0.6) is 0 Å². The summed E-state index contributed by atoms with van der Waals surface area (Å²) in [6.07, 6.45) is 7.52. The van der Waals surface area contributed by atoms with Gasteiger partial charge in [-0.2, -0.15) is 0 Å². The van der Waals surface area contributed by atoms with Crippen molar-refractivity contribution in [2.75, 3.05) is 26.2 Å². The minimum Gasteiger partial charge on any atom is -0.355 e. The highest BCUT2D eigenvalue weighted by Crippen LogP contribution is 2.35. The molecule has 0 radical (unpaired) electrons. The molecule has 2 aromatic carbocycles. The Morgan fingerprint density at radius 3 is 1.65 bits per heavy atom. The van der Waals surface area contributed by atoms with E-state index in [1.54, 1.807) is 0 Å². The Kier molecular flexibility index (Phi) is 9.97. The topological polar surface area (TPSA) is 134 Å². The lowest BCUT2D eigenvalue weighted by atomic mass is 9.96. The molecule has 2 saturated heterocycles. The molecule has 11 heteroatoms. The molecule has 0 aliphatic carbocycles. The van der Waals surface area contributed by atoms with Crippen LogP contribution in [0.15, 0.2) is 65.9 Å². The Morgan fingerprint density at radius 2 is 1.20 bits per heavy atom. The number of guanidine groups is 1. The Balaban J connectivity index is 1.00. The zero-order valence-electron chi connectivity index (χ0n) is 30.4. The number of amides is 2. The van der Waals surface area contributed by atoms with Gasteiger partial charge in [0.2, 0.25) is 11.8 Å². The first-order valence-corrected chi connectivity index (χ1v) is 18.6. The van der Waals surface area contributed by atoms with E-state index in [1.165, 1.54) is 0 Å². The Labute approximate surface area is 300 Å². The third kappa shape index (κ3) is 7.16. The van der Waals surface area contributed by atoms with E-state index < -0.39 is 0 Å². The highest BCUT2D eigenvalue weighted by atomic mass is 16.2. The van der Waals surface area contributed by atoms with E-state index >= 15 is 0 Å². The number of H-pyrrole nitrogens is 2. The van der Waals surface area contributed by atoms with Crippen molar-refractivity contribution < 1.29 is 9.59 Å². The normalized spacial score (nSPS) is 20.2. The number of nitrogens with one attached hydrogen (secondary N) is 4. The van der Waals surface area contributed by atoms with E-state index in [-0.39, 0.29) is 41.8 Å². The Morgan fingerprint density at radius 1 is 0.706 bits per heavy atom. The summed E-state index contributed by atoms with van der Waals surface area (Å²) >= 11 is 0. The molecule has 4 atom stereocenters. The number of rotatable bonds is 10. The summed E-state index contributed by atoms with van der Waals surface area (Å²) in [5.74, 6) is 3.15. The summed E-state index contributed by atoms with van der Waals surface area (Å²) < 4.78 is 0. The fourth-order valence-electron chi connectivity index (χ4n) is 7.50. The number of hydrogen-bond acceptors (Lipinski definition) is 7. The first kappa shape index (κ1) is 34.5. The Hall–Kier alpha value is -4.93. The second-order valence-electron chi connectivity index (χ2n) is 15.0. The number of carbonyl (C=O) groups excluding carboxylic acids is 2. The smallest absolute Gasteiger partial charge is 0.246 e. The number of aromatic nitrogens is 4. The van der Waals surface area contributed by atoms with Crippen molar-refractivity contribution in [1.29, 1.82) is 0 Å². The SMILES string of the molecule is CC(C)[C@H](C)C(=O)N1CCC[C@H]1c1ncc(-c2ccc(-c3ccc(-c4cnc([C@@H]5CCCN5C(=O)[C@H](NC5=NCCN5)C(C)C)[nH]4)cc3)cc2)[nH]1. The van der Waals surface area contributed by atoms with E-state index in [1.807, 2.05) is 29.1 Å². The van der Waals surface area contributed by atoms with Crippen molar-refractivity contribution in [2.24, 2.45) is 22.7 Å². The molecule has 268 valence electrons. The number of carbonyl (C=O) groups is 2. The molecule has 0 spiro atoms. The maximum Gasteiger partial charge on any atom is 0.246 e. The third-order valence-corrected chi connectivity index (χ3v) is 10.9. The fourth-order valence-corrected chi connectivity index (χ4v) is 7.50. The van der Waals surface area contributed by atoms with Gasteiger partial charge in [-0.1, -0.05) is 83.1 Å². The molecule has 2 amide bonds. The van der Waals surface area contributed by atoms with Gasteiger partial charge in [0.15, 0.2) is 5.96 Å². The van der Waals surface area contributed by atoms with Gasteiger partial charge in [0.05, 0.1) is 42.4 Å². The van der Waals surface area contributed by atoms with Crippen LogP contribution < -0.4 is 10.6 Å². The van der Waals surface area contributed by atoms with E-state index in [9.17, 15) is 9.59 Å². The van der Waals surface area contributed by atoms with Crippen LogP contribution in [0, 0.1) is 17.8 Å². The molecular formula is C40H51N9O2. The Bertz CT molecular complexity index is 1860. The average Bonchev–Trinajstić information content (AvgIpc) is 3.99. The highest BCUT2D eigenvalue weighted by Gasteiger charge is 2.38. The van der Waals surface area contributed by atoms with Crippen LogP contribution in [0.1, 0.15) is 84.0 Å². The van der Waals surface area contributed by atoms with Crippen molar-refractivity contribution in [3.05, 3.63) is 72.6 Å². The molecule has 0 bridgehead atoms. The monoisotopic (exact) mass is 689 g/mol. The second kappa shape index (κ2) is 14.7. The first-order chi connectivity index (χ1) is 24.7. The lowest BCUT2D eigenvalue weighted by Crippen LogP contribution is -2.53. The summed E-state index contributed by atoms with van der Waals surface area (Å²) in [5, 5.41) is 6.58. The molecule has 0 unspecified atom stereocenters. The molecule has 2 aromatic heterocycles.